The van der Waals surface area contributed by atoms with Gasteiger partial charge in [0.15, 0.2) is 5.82 Å². The zero-order chi connectivity index (χ0) is 16.8. The Hall–Kier alpha value is -2.25. The van der Waals surface area contributed by atoms with E-state index in [1.54, 1.807) is 0 Å². The Bertz CT molecular complexity index is 651. The Morgan fingerprint density at radius 1 is 1.33 bits per heavy atom. The van der Waals surface area contributed by atoms with Gasteiger partial charge in [-0.3, -0.25) is 14.5 Å². The van der Waals surface area contributed by atoms with E-state index in [1.165, 1.54) is 0 Å². The quantitative estimate of drug-likeness (QED) is 0.814. The fourth-order valence-corrected chi connectivity index (χ4v) is 2.83. The van der Waals surface area contributed by atoms with Crippen molar-refractivity contribution in [1.29, 1.82) is 0 Å². The molecule has 1 aliphatic heterocycles. The number of carbonyl (C=O) groups is 1. The number of carbonyl (C=O) groups excluding carboxylic acids is 1. The molecule has 1 aliphatic rings. The molecule has 2 heterocycles. The number of likely N-dealkylation sites (tertiary alicyclic amines) is 1. The molecule has 1 amide bonds. The first-order valence-corrected chi connectivity index (χ1v) is 8.18. The molecule has 1 N–H and O–H groups in total. The predicted molar refractivity (Wildman–Crippen MR) is 86.8 cm³/mol. The summed E-state index contributed by atoms with van der Waals surface area (Å²) in [6, 6.07) is 9.73. The second-order valence-electron chi connectivity index (χ2n) is 6.03. The van der Waals surface area contributed by atoms with Crippen molar-refractivity contribution in [2.45, 2.75) is 32.3 Å². The summed E-state index contributed by atoms with van der Waals surface area (Å²) >= 11 is 0. The zero-order valence-corrected chi connectivity index (χ0v) is 13.8. The summed E-state index contributed by atoms with van der Waals surface area (Å²) in [5.41, 5.74) is 3.52. The van der Waals surface area contributed by atoms with Gasteiger partial charge in [0.2, 0.25) is 5.89 Å². The first-order chi connectivity index (χ1) is 11.7. The maximum absolute atomic E-state index is 11.9. The molecule has 1 fully saturated rings. The molecule has 1 aromatic heterocycles. The van der Waals surface area contributed by atoms with Gasteiger partial charge >= 0.3 is 0 Å². The molecule has 128 valence electrons. The molecule has 0 aliphatic carbocycles. The number of nitrogens with zero attached hydrogens (tertiary/aromatic N) is 3. The summed E-state index contributed by atoms with van der Waals surface area (Å²) in [6.07, 6.45) is 1.83. The lowest BCUT2D eigenvalue weighted by atomic mass is 9.97. The minimum absolute atomic E-state index is 0.127. The van der Waals surface area contributed by atoms with Crippen LogP contribution in [0.15, 0.2) is 34.9 Å². The Balaban J connectivity index is 1.35. The smallest absolute Gasteiger partial charge is 0.257 e. The number of hydroxylamine groups is 1. The van der Waals surface area contributed by atoms with Crippen LogP contribution in [0.2, 0.25) is 0 Å². The van der Waals surface area contributed by atoms with E-state index in [4.69, 9.17) is 9.36 Å². The van der Waals surface area contributed by atoms with Gasteiger partial charge in [0.1, 0.15) is 0 Å². The largest absolute Gasteiger partial charge is 0.339 e. The third kappa shape index (κ3) is 4.62. The molecule has 24 heavy (non-hydrogen) atoms. The van der Waals surface area contributed by atoms with Gasteiger partial charge in [-0.15, -0.1) is 0 Å². The van der Waals surface area contributed by atoms with Crippen LogP contribution in [-0.4, -0.2) is 40.6 Å². The zero-order valence-electron chi connectivity index (χ0n) is 13.8. The van der Waals surface area contributed by atoms with E-state index in [-0.39, 0.29) is 5.91 Å². The standard InChI is InChI=1S/C17H22N4O3/c1-13-18-17(24-19-13)15-7-9-21(10-8-15)11-16(22)20-23-12-14-5-3-2-4-6-14/h2-6,15H,7-12H2,1H3,(H,20,22). The summed E-state index contributed by atoms with van der Waals surface area (Å²) in [6.45, 7) is 4.19. The first-order valence-electron chi connectivity index (χ1n) is 8.18. The van der Waals surface area contributed by atoms with E-state index < -0.39 is 0 Å². The lowest BCUT2D eigenvalue weighted by Gasteiger charge is -2.29. The van der Waals surface area contributed by atoms with E-state index >= 15 is 0 Å². The van der Waals surface area contributed by atoms with Crippen LogP contribution in [0.4, 0.5) is 0 Å². The van der Waals surface area contributed by atoms with Gasteiger partial charge in [0.05, 0.1) is 13.2 Å². The maximum Gasteiger partial charge on any atom is 0.257 e. The molecule has 3 rings (SSSR count). The number of aryl methyl sites for hydroxylation is 1. The van der Waals surface area contributed by atoms with E-state index in [9.17, 15) is 4.79 Å². The van der Waals surface area contributed by atoms with Crippen LogP contribution < -0.4 is 5.48 Å². The molecule has 0 radical (unpaired) electrons. The third-order valence-corrected chi connectivity index (χ3v) is 4.11. The molecular weight excluding hydrogens is 308 g/mol. The minimum atomic E-state index is -0.127. The molecule has 7 heteroatoms. The molecule has 0 unspecified atom stereocenters. The van der Waals surface area contributed by atoms with Crippen LogP contribution in [-0.2, 0) is 16.2 Å². The van der Waals surface area contributed by atoms with Crippen LogP contribution in [0, 0.1) is 6.92 Å². The van der Waals surface area contributed by atoms with Crippen LogP contribution in [0.5, 0.6) is 0 Å². The lowest BCUT2D eigenvalue weighted by molar-refractivity contribution is -0.136. The molecule has 0 atom stereocenters. The minimum Gasteiger partial charge on any atom is -0.339 e. The van der Waals surface area contributed by atoms with Crippen molar-refractivity contribution in [3.8, 4) is 0 Å². The van der Waals surface area contributed by atoms with Crippen LogP contribution in [0.1, 0.15) is 36.0 Å². The number of nitrogens with one attached hydrogen (secondary N) is 1. The summed E-state index contributed by atoms with van der Waals surface area (Å²) in [5, 5.41) is 3.84. The van der Waals surface area contributed by atoms with Crippen molar-refractivity contribution in [3.63, 3.8) is 0 Å². The average Bonchev–Trinajstić information content (AvgIpc) is 3.03. The van der Waals surface area contributed by atoms with Crippen molar-refractivity contribution < 1.29 is 14.2 Å². The van der Waals surface area contributed by atoms with E-state index in [0.717, 1.165) is 31.5 Å². The number of piperidine rings is 1. The van der Waals surface area contributed by atoms with E-state index in [1.807, 2.05) is 37.3 Å². The van der Waals surface area contributed by atoms with Crippen LogP contribution >= 0.6 is 0 Å². The molecule has 2 aromatic rings. The summed E-state index contributed by atoms with van der Waals surface area (Å²) < 4.78 is 5.24. The summed E-state index contributed by atoms with van der Waals surface area (Å²) in [7, 11) is 0. The third-order valence-electron chi connectivity index (χ3n) is 4.11. The predicted octanol–water partition coefficient (Wildman–Crippen LogP) is 1.81. The van der Waals surface area contributed by atoms with Gasteiger partial charge in [-0.05, 0) is 38.4 Å². The SMILES string of the molecule is Cc1noc(C2CCN(CC(=O)NOCc3ccccc3)CC2)n1. The molecular formula is C17H22N4O3. The highest BCUT2D eigenvalue weighted by Crippen LogP contribution is 2.26. The maximum atomic E-state index is 11.9. The monoisotopic (exact) mass is 330 g/mol. The number of benzene rings is 1. The van der Waals surface area contributed by atoms with Crippen molar-refractivity contribution in [2.75, 3.05) is 19.6 Å². The van der Waals surface area contributed by atoms with Crippen molar-refractivity contribution >= 4 is 5.91 Å². The lowest BCUT2D eigenvalue weighted by Crippen LogP contribution is -2.41. The van der Waals surface area contributed by atoms with Crippen molar-refractivity contribution in [3.05, 3.63) is 47.6 Å². The molecule has 0 spiro atoms. The highest BCUT2D eigenvalue weighted by atomic mass is 16.6. The van der Waals surface area contributed by atoms with Gasteiger partial charge in [0.25, 0.3) is 5.91 Å². The fourth-order valence-electron chi connectivity index (χ4n) is 2.83. The molecule has 0 saturated carbocycles. The normalized spacial score (nSPS) is 16.2. The fraction of sp³-hybridized carbons (Fsp3) is 0.471. The van der Waals surface area contributed by atoms with Gasteiger partial charge in [-0.2, -0.15) is 4.98 Å². The van der Waals surface area contributed by atoms with E-state index in [0.29, 0.717) is 30.8 Å². The Kier molecular flexibility index (Phi) is 5.55. The number of rotatable bonds is 6. The number of amides is 1. The van der Waals surface area contributed by atoms with Crippen LogP contribution in [0.3, 0.4) is 0 Å². The number of hydrogen-bond donors (Lipinski definition) is 1. The molecule has 1 aromatic carbocycles. The first kappa shape index (κ1) is 16.6. The number of hydrogen-bond acceptors (Lipinski definition) is 6. The topological polar surface area (TPSA) is 80.5 Å². The van der Waals surface area contributed by atoms with Crippen LogP contribution in [0.25, 0.3) is 0 Å². The molecule has 1 saturated heterocycles. The van der Waals surface area contributed by atoms with Crippen molar-refractivity contribution in [1.82, 2.24) is 20.5 Å². The number of aromatic nitrogens is 2. The van der Waals surface area contributed by atoms with Gasteiger partial charge in [0, 0.05) is 5.92 Å². The highest BCUT2D eigenvalue weighted by molar-refractivity contribution is 5.76. The van der Waals surface area contributed by atoms with Gasteiger partial charge in [-0.25, -0.2) is 5.48 Å². The average molecular weight is 330 g/mol. The second-order valence-corrected chi connectivity index (χ2v) is 6.03. The summed E-state index contributed by atoms with van der Waals surface area (Å²) in [5.74, 6) is 1.54. The highest BCUT2D eigenvalue weighted by Gasteiger charge is 2.25. The van der Waals surface area contributed by atoms with E-state index in [2.05, 4.69) is 20.5 Å². The van der Waals surface area contributed by atoms with Gasteiger partial charge < -0.3 is 4.52 Å². The second kappa shape index (κ2) is 8.03. The molecule has 7 nitrogen and oxygen atoms in total. The van der Waals surface area contributed by atoms with Gasteiger partial charge in [-0.1, -0.05) is 35.5 Å². The Morgan fingerprint density at radius 3 is 2.75 bits per heavy atom. The molecule has 0 bridgehead atoms. The Labute approximate surface area is 140 Å². The summed E-state index contributed by atoms with van der Waals surface area (Å²) in [4.78, 5) is 23.6. The van der Waals surface area contributed by atoms with Crippen molar-refractivity contribution in [2.24, 2.45) is 0 Å². The Morgan fingerprint density at radius 2 is 2.08 bits per heavy atom.